The number of hydrogen-bond donors (Lipinski definition) is 2. The molecule has 2 N–H and O–H groups in total. The van der Waals surface area contributed by atoms with Crippen molar-refractivity contribution in [3.05, 3.63) is 0 Å². The molecule has 1 rings (SSSR count). The quantitative estimate of drug-likeness (QED) is 0.721. The van der Waals surface area contributed by atoms with Gasteiger partial charge in [-0.25, -0.2) is 0 Å². The highest BCUT2D eigenvalue weighted by atomic mass is 16.5. The summed E-state index contributed by atoms with van der Waals surface area (Å²) < 4.78 is 5.99. The maximum Gasteiger partial charge on any atom is 0.0611 e. The van der Waals surface area contributed by atoms with Crippen LogP contribution in [-0.2, 0) is 4.74 Å². The average molecular weight is 243 g/mol. The minimum atomic E-state index is -0.188. The van der Waals surface area contributed by atoms with Crippen LogP contribution in [-0.4, -0.2) is 36.5 Å². The van der Waals surface area contributed by atoms with E-state index in [1.54, 1.807) is 0 Å². The molecule has 0 amide bonds. The molecule has 102 valence electrons. The first-order valence-corrected chi connectivity index (χ1v) is 7.09. The maximum atomic E-state index is 9.39. The molecule has 3 nitrogen and oxygen atoms in total. The second kappa shape index (κ2) is 7.34. The van der Waals surface area contributed by atoms with E-state index in [4.69, 9.17) is 4.74 Å². The lowest BCUT2D eigenvalue weighted by Gasteiger charge is -2.32. The highest BCUT2D eigenvalue weighted by Gasteiger charge is 2.25. The summed E-state index contributed by atoms with van der Waals surface area (Å²) in [6.45, 7) is 8.22. The van der Waals surface area contributed by atoms with Crippen molar-refractivity contribution in [2.24, 2.45) is 5.92 Å². The topological polar surface area (TPSA) is 41.5 Å². The number of hydrogen-bond acceptors (Lipinski definition) is 3. The van der Waals surface area contributed by atoms with Crippen LogP contribution in [0.4, 0.5) is 0 Å². The van der Waals surface area contributed by atoms with Gasteiger partial charge in [-0.3, -0.25) is 0 Å². The van der Waals surface area contributed by atoms with E-state index in [0.717, 1.165) is 19.6 Å². The summed E-state index contributed by atoms with van der Waals surface area (Å²) in [7, 11) is 0. The van der Waals surface area contributed by atoms with Crippen LogP contribution in [0.15, 0.2) is 0 Å². The Hall–Kier alpha value is -0.120. The van der Waals surface area contributed by atoms with Gasteiger partial charge in [-0.05, 0) is 38.6 Å². The highest BCUT2D eigenvalue weighted by molar-refractivity contribution is 4.82. The Balaban J connectivity index is 2.25. The third-order valence-electron chi connectivity index (χ3n) is 3.97. The summed E-state index contributed by atoms with van der Waals surface area (Å²) in [5, 5.41) is 12.7. The number of aliphatic hydroxyl groups is 1. The second-order valence-corrected chi connectivity index (χ2v) is 5.67. The molecule has 0 heterocycles. The lowest BCUT2D eigenvalue weighted by atomic mass is 9.88. The summed E-state index contributed by atoms with van der Waals surface area (Å²) in [6, 6.07) is 0. The molecule has 0 aromatic heterocycles. The SMILES string of the molecule is CCNC(C)(CO)CCOC1CCCCC1C. The summed E-state index contributed by atoms with van der Waals surface area (Å²) in [5.41, 5.74) is -0.188. The predicted molar refractivity (Wildman–Crippen MR) is 71.2 cm³/mol. The first-order chi connectivity index (χ1) is 8.11. The first-order valence-electron chi connectivity index (χ1n) is 7.09. The van der Waals surface area contributed by atoms with Crippen LogP contribution in [0.5, 0.6) is 0 Å². The van der Waals surface area contributed by atoms with E-state index in [0.29, 0.717) is 12.0 Å². The normalized spacial score (nSPS) is 28.9. The largest absolute Gasteiger partial charge is 0.394 e. The van der Waals surface area contributed by atoms with Gasteiger partial charge < -0.3 is 15.2 Å². The van der Waals surface area contributed by atoms with Crippen LogP contribution in [0.2, 0.25) is 0 Å². The van der Waals surface area contributed by atoms with Crippen LogP contribution >= 0.6 is 0 Å². The van der Waals surface area contributed by atoms with E-state index < -0.39 is 0 Å². The van der Waals surface area contributed by atoms with E-state index in [1.165, 1.54) is 25.7 Å². The van der Waals surface area contributed by atoms with Gasteiger partial charge in [0.2, 0.25) is 0 Å². The third-order valence-corrected chi connectivity index (χ3v) is 3.97. The van der Waals surface area contributed by atoms with Crippen molar-refractivity contribution in [3.8, 4) is 0 Å². The predicted octanol–water partition coefficient (Wildman–Crippen LogP) is 2.33. The maximum absolute atomic E-state index is 9.39. The van der Waals surface area contributed by atoms with Gasteiger partial charge in [-0.15, -0.1) is 0 Å². The fraction of sp³-hybridized carbons (Fsp3) is 1.00. The monoisotopic (exact) mass is 243 g/mol. The number of aliphatic hydroxyl groups excluding tert-OH is 1. The van der Waals surface area contributed by atoms with Crippen molar-refractivity contribution < 1.29 is 9.84 Å². The molecule has 0 spiro atoms. The van der Waals surface area contributed by atoms with Crippen LogP contribution in [0, 0.1) is 5.92 Å². The summed E-state index contributed by atoms with van der Waals surface area (Å²) in [6.07, 6.45) is 6.48. The van der Waals surface area contributed by atoms with Crippen molar-refractivity contribution in [1.29, 1.82) is 0 Å². The summed E-state index contributed by atoms with van der Waals surface area (Å²) in [4.78, 5) is 0. The Morgan fingerprint density at radius 2 is 2.06 bits per heavy atom. The zero-order chi connectivity index (χ0) is 12.7. The summed E-state index contributed by atoms with van der Waals surface area (Å²) in [5.74, 6) is 0.697. The van der Waals surface area contributed by atoms with Gasteiger partial charge in [-0.2, -0.15) is 0 Å². The smallest absolute Gasteiger partial charge is 0.0611 e. The van der Waals surface area contributed by atoms with Crippen molar-refractivity contribution in [2.45, 2.75) is 64.5 Å². The van der Waals surface area contributed by atoms with Gasteiger partial charge >= 0.3 is 0 Å². The zero-order valence-electron chi connectivity index (χ0n) is 11.7. The molecule has 0 aliphatic heterocycles. The van der Waals surface area contributed by atoms with Crippen LogP contribution in [0.3, 0.4) is 0 Å². The molecule has 0 saturated heterocycles. The van der Waals surface area contributed by atoms with E-state index in [1.807, 2.05) is 0 Å². The number of likely N-dealkylation sites (N-methyl/N-ethyl adjacent to an activating group) is 1. The lowest BCUT2D eigenvalue weighted by Crippen LogP contribution is -2.46. The zero-order valence-corrected chi connectivity index (χ0v) is 11.7. The van der Waals surface area contributed by atoms with Gasteiger partial charge in [0.05, 0.1) is 12.7 Å². The van der Waals surface area contributed by atoms with Crippen molar-refractivity contribution in [3.63, 3.8) is 0 Å². The molecule has 1 aliphatic carbocycles. The minimum Gasteiger partial charge on any atom is -0.394 e. The Morgan fingerprint density at radius 3 is 2.65 bits per heavy atom. The molecule has 17 heavy (non-hydrogen) atoms. The van der Waals surface area contributed by atoms with Crippen LogP contribution in [0.25, 0.3) is 0 Å². The van der Waals surface area contributed by atoms with Gasteiger partial charge in [0.25, 0.3) is 0 Å². The molecular weight excluding hydrogens is 214 g/mol. The van der Waals surface area contributed by atoms with E-state index in [2.05, 4.69) is 26.1 Å². The van der Waals surface area contributed by atoms with Gasteiger partial charge in [0.1, 0.15) is 0 Å². The van der Waals surface area contributed by atoms with E-state index in [-0.39, 0.29) is 12.1 Å². The third kappa shape index (κ3) is 4.94. The van der Waals surface area contributed by atoms with Gasteiger partial charge in [-0.1, -0.05) is 26.7 Å². The molecule has 3 heteroatoms. The lowest BCUT2D eigenvalue weighted by molar-refractivity contribution is -0.0170. The molecule has 3 atom stereocenters. The molecule has 0 aromatic carbocycles. The molecular formula is C14H29NO2. The van der Waals surface area contributed by atoms with Crippen LogP contribution in [0.1, 0.15) is 52.9 Å². The minimum absolute atomic E-state index is 0.171. The number of rotatable bonds is 7. The van der Waals surface area contributed by atoms with E-state index >= 15 is 0 Å². The van der Waals surface area contributed by atoms with E-state index in [9.17, 15) is 5.11 Å². The molecule has 3 unspecified atom stereocenters. The molecule has 1 saturated carbocycles. The van der Waals surface area contributed by atoms with Crippen LogP contribution < -0.4 is 5.32 Å². The fourth-order valence-corrected chi connectivity index (χ4v) is 2.62. The van der Waals surface area contributed by atoms with Crippen molar-refractivity contribution >= 4 is 0 Å². The first kappa shape index (κ1) is 14.9. The second-order valence-electron chi connectivity index (χ2n) is 5.67. The molecule has 0 bridgehead atoms. The fourth-order valence-electron chi connectivity index (χ4n) is 2.62. The molecule has 1 fully saturated rings. The van der Waals surface area contributed by atoms with Crippen molar-refractivity contribution in [1.82, 2.24) is 5.32 Å². The number of nitrogens with one attached hydrogen (secondary N) is 1. The summed E-state index contributed by atoms with van der Waals surface area (Å²) >= 11 is 0. The molecule has 0 radical (unpaired) electrons. The average Bonchev–Trinajstić information content (AvgIpc) is 2.32. The standard InChI is InChI=1S/C14H29NO2/c1-4-15-14(3,11-16)9-10-17-13-8-6-5-7-12(13)2/h12-13,15-16H,4-11H2,1-3H3. The van der Waals surface area contributed by atoms with Gasteiger partial charge in [0, 0.05) is 12.1 Å². The Bertz CT molecular complexity index is 210. The Kier molecular flexibility index (Phi) is 6.45. The molecule has 1 aliphatic rings. The number of ether oxygens (including phenoxy) is 1. The molecule has 0 aromatic rings. The van der Waals surface area contributed by atoms with Crippen molar-refractivity contribution in [2.75, 3.05) is 19.8 Å². The Morgan fingerprint density at radius 1 is 1.35 bits per heavy atom. The highest BCUT2D eigenvalue weighted by Crippen LogP contribution is 2.26. The Labute approximate surface area is 106 Å². The van der Waals surface area contributed by atoms with Gasteiger partial charge in [0.15, 0.2) is 0 Å².